The minimum absolute atomic E-state index is 0.0657. The Morgan fingerprint density at radius 1 is 1.47 bits per heavy atom. The Kier molecular flexibility index (Phi) is 4.80. The van der Waals surface area contributed by atoms with Crippen molar-refractivity contribution in [1.82, 2.24) is 10.2 Å². The second-order valence-electron chi connectivity index (χ2n) is 4.94. The van der Waals surface area contributed by atoms with Gasteiger partial charge in [0.1, 0.15) is 6.17 Å². The highest BCUT2D eigenvalue weighted by atomic mass is 35.5. The number of hydrogen-bond donors (Lipinski definition) is 1. The van der Waals surface area contributed by atoms with Crippen molar-refractivity contribution < 1.29 is 9.53 Å². The summed E-state index contributed by atoms with van der Waals surface area (Å²) in [6, 6.07) is 7.59. The van der Waals surface area contributed by atoms with Crippen molar-refractivity contribution in [2.75, 3.05) is 26.8 Å². The van der Waals surface area contributed by atoms with Crippen LogP contribution >= 0.6 is 11.6 Å². The third-order valence-electron chi connectivity index (χ3n) is 3.22. The molecule has 1 N–H and O–H groups in total. The van der Waals surface area contributed by atoms with Gasteiger partial charge in [-0.05, 0) is 23.6 Å². The summed E-state index contributed by atoms with van der Waals surface area (Å²) in [6.07, 6.45) is -0.0657. The lowest BCUT2D eigenvalue weighted by Gasteiger charge is -2.27. The van der Waals surface area contributed by atoms with Gasteiger partial charge in [0.15, 0.2) is 0 Å². The predicted octanol–water partition coefficient (Wildman–Crippen LogP) is 2.05. The molecule has 2 atom stereocenters. The van der Waals surface area contributed by atoms with Gasteiger partial charge in [-0.25, -0.2) is 0 Å². The first-order chi connectivity index (χ1) is 9.11. The van der Waals surface area contributed by atoms with Crippen molar-refractivity contribution in [3.63, 3.8) is 0 Å². The Morgan fingerprint density at radius 2 is 2.16 bits per heavy atom. The molecule has 0 saturated carbocycles. The summed E-state index contributed by atoms with van der Waals surface area (Å²) >= 11 is 5.89. The zero-order valence-electron chi connectivity index (χ0n) is 11.2. The van der Waals surface area contributed by atoms with Gasteiger partial charge < -0.3 is 9.64 Å². The van der Waals surface area contributed by atoms with Gasteiger partial charge >= 0.3 is 0 Å². The van der Waals surface area contributed by atoms with Crippen LogP contribution in [0.1, 0.15) is 18.7 Å². The topological polar surface area (TPSA) is 41.6 Å². The first-order valence-electron chi connectivity index (χ1n) is 6.39. The molecule has 19 heavy (non-hydrogen) atoms. The number of halogens is 1. The van der Waals surface area contributed by atoms with E-state index in [0.717, 1.165) is 5.56 Å². The van der Waals surface area contributed by atoms with Gasteiger partial charge in [-0.15, -0.1) is 0 Å². The molecule has 4 nitrogen and oxygen atoms in total. The van der Waals surface area contributed by atoms with Crippen LogP contribution in [0.5, 0.6) is 0 Å². The van der Waals surface area contributed by atoms with Gasteiger partial charge in [0, 0.05) is 18.7 Å². The summed E-state index contributed by atoms with van der Waals surface area (Å²) in [5.74, 6) is 0.437. The van der Waals surface area contributed by atoms with Crippen LogP contribution in [0.25, 0.3) is 0 Å². The van der Waals surface area contributed by atoms with Gasteiger partial charge in [0.05, 0.1) is 13.2 Å². The fourth-order valence-corrected chi connectivity index (χ4v) is 2.49. The number of hydrogen-bond acceptors (Lipinski definition) is 3. The molecule has 1 saturated heterocycles. The molecule has 2 unspecified atom stereocenters. The quantitative estimate of drug-likeness (QED) is 0.899. The summed E-state index contributed by atoms with van der Waals surface area (Å²) in [7, 11) is 1.68. The Hall–Kier alpha value is -1.10. The van der Waals surface area contributed by atoms with E-state index in [1.54, 1.807) is 7.11 Å². The molecule has 1 aromatic rings. The molecule has 5 heteroatoms. The minimum Gasteiger partial charge on any atom is -0.384 e. The van der Waals surface area contributed by atoms with Crippen molar-refractivity contribution in [3.8, 4) is 0 Å². The third kappa shape index (κ3) is 3.47. The van der Waals surface area contributed by atoms with Crippen molar-refractivity contribution in [1.29, 1.82) is 0 Å². The van der Waals surface area contributed by atoms with Crippen LogP contribution < -0.4 is 5.32 Å². The molecule has 2 rings (SSSR count). The van der Waals surface area contributed by atoms with E-state index in [2.05, 4.69) is 12.2 Å². The first kappa shape index (κ1) is 14.3. The normalized spacial score (nSPS) is 20.9. The molecule has 0 bridgehead atoms. The Morgan fingerprint density at radius 3 is 2.79 bits per heavy atom. The molecule has 0 aromatic heterocycles. The highest BCUT2D eigenvalue weighted by molar-refractivity contribution is 6.30. The Balaban J connectivity index is 2.10. The molecule has 1 aliphatic heterocycles. The zero-order valence-corrected chi connectivity index (χ0v) is 12.0. The number of carbonyl (C=O) groups is 1. The van der Waals surface area contributed by atoms with E-state index in [-0.39, 0.29) is 12.1 Å². The van der Waals surface area contributed by atoms with Gasteiger partial charge in [-0.2, -0.15) is 0 Å². The maximum Gasteiger partial charge on any atom is 0.238 e. The first-order valence-corrected chi connectivity index (χ1v) is 6.77. The number of rotatable bonds is 5. The van der Waals surface area contributed by atoms with Crippen molar-refractivity contribution in [2.24, 2.45) is 5.92 Å². The highest BCUT2D eigenvalue weighted by Crippen LogP contribution is 2.24. The molecule has 0 spiro atoms. The van der Waals surface area contributed by atoms with Crippen LogP contribution in [0.2, 0.25) is 5.02 Å². The average Bonchev–Trinajstić information content (AvgIpc) is 2.73. The van der Waals surface area contributed by atoms with E-state index in [4.69, 9.17) is 16.3 Å². The molecule has 1 fully saturated rings. The number of methoxy groups -OCH3 is 1. The minimum atomic E-state index is -0.0657. The SMILES string of the molecule is COCC(C)CN1C(=O)CNC1c1ccc(Cl)cc1. The van der Waals surface area contributed by atoms with Crippen LogP contribution in [-0.4, -0.2) is 37.6 Å². The summed E-state index contributed by atoms with van der Waals surface area (Å²) < 4.78 is 5.13. The fourth-order valence-electron chi connectivity index (χ4n) is 2.36. The maximum atomic E-state index is 12.0. The number of nitrogens with one attached hydrogen (secondary N) is 1. The second-order valence-corrected chi connectivity index (χ2v) is 5.38. The zero-order chi connectivity index (χ0) is 13.8. The lowest BCUT2D eigenvalue weighted by Crippen LogP contribution is -2.35. The van der Waals surface area contributed by atoms with E-state index < -0.39 is 0 Å². The van der Waals surface area contributed by atoms with Gasteiger partial charge in [0.25, 0.3) is 0 Å². The van der Waals surface area contributed by atoms with Gasteiger partial charge in [-0.1, -0.05) is 30.7 Å². The van der Waals surface area contributed by atoms with Gasteiger partial charge in [0.2, 0.25) is 5.91 Å². The van der Waals surface area contributed by atoms with Crippen molar-refractivity contribution in [2.45, 2.75) is 13.1 Å². The van der Waals surface area contributed by atoms with Crippen LogP contribution in [0.15, 0.2) is 24.3 Å². The van der Waals surface area contributed by atoms with Crippen LogP contribution in [0.3, 0.4) is 0 Å². The number of nitrogens with zero attached hydrogens (tertiary/aromatic N) is 1. The molecule has 0 radical (unpaired) electrons. The van der Waals surface area contributed by atoms with Crippen LogP contribution in [0.4, 0.5) is 0 Å². The lowest BCUT2D eigenvalue weighted by molar-refractivity contribution is -0.128. The molecule has 1 aliphatic rings. The van der Waals surface area contributed by atoms with E-state index in [9.17, 15) is 4.79 Å². The molecule has 1 amide bonds. The number of ether oxygens (including phenoxy) is 1. The van der Waals surface area contributed by atoms with E-state index in [1.807, 2.05) is 29.2 Å². The van der Waals surface area contributed by atoms with Crippen molar-refractivity contribution in [3.05, 3.63) is 34.9 Å². The lowest BCUT2D eigenvalue weighted by atomic mass is 10.1. The van der Waals surface area contributed by atoms with E-state index in [1.165, 1.54) is 0 Å². The Bertz CT molecular complexity index is 436. The van der Waals surface area contributed by atoms with E-state index in [0.29, 0.717) is 30.6 Å². The maximum absolute atomic E-state index is 12.0. The van der Waals surface area contributed by atoms with E-state index >= 15 is 0 Å². The molecule has 104 valence electrons. The highest BCUT2D eigenvalue weighted by Gasteiger charge is 2.32. The molecule has 1 aromatic carbocycles. The average molecular weight is 283 g/mol. The molecular weight excluding hydrogens is 264 g/mol. The molecule has 0 aliphatic carbocycles. The second kappa shape index (κ2) is 6.37. The van der Waals surface area contributed by atoms with Crippen molar-refractivity contribution >= 4 is 17.5 Å². The summed E-state index contributed by atoms with van der Waals surface area (Å²) in [5.41, 5.74) is 1.06. The summed E-state index contributed by atoms with van der Waals surface area (Å²) in [6.45, 7) is 3.80. The summed E-state index contributed by atoms with van der Waals surface area (Å²) in [4.78, 5) is 13.8. The summed E-state index contributed by atoms with van der Waals surface area (Å²) in [5, 5.41) is 3.93. The molecular formula is C14H19ClN2O2. The molecule has 1 heterocycles. The third-order valence-corrected chi connectivity index (χ3v) is 3.48. The Labute approximate surface area is 118 Å². The van der Waals surface area contributed by atoms with Crippen LogP contribution in [0, 0.1) is 5.92 Å². The fraction of sp³-hybridized carbons (Fsp3) is 0.500. The smallest absolute Gasteiger partial charge is 0.238 e. The van der Waals surface area contributed by atoms with Gasteiger partial charge in [-0.3, -0.25) is 10.1 Å². The number of carbonyl (C=O) groups excluding carboxylic acids is 1. The monoisotopic (exact) mass is 282 g/mol. The number of amides is 1. The number of benzene rings is 1. The standard InChI is InChI=1S/C14H19ClN2O2/c1-10(9-19-2)8-17-13(18)7-16-14(17)11-3-5-12(15)6-4-11/h3-6,10,14,16H,7-9H2,1-2H3. The predicted molar refractivity (Wildman–Crippen MR) is 74.9 cm³/mol. The largest absolute Gasteiger partial charge is 0.384 e. The van der Waals surface area contributed by atoms with Crippen LogP contribution in [-0.2, 0) is 9.53 Å².